The number of hydrogen-bond donors (Lipinski definition) is 3. The number of nitrogens with one attached hydrogen (secondary N) is 2. The van der Waals surface area contributed by atoms with Gasteiger partial charge in [-0.3, -0.25) is 15.3 Å². The number of rotatable bonds is 2. The summed E-state index contributed by atoms with van der Waals surface area (Å²) in [4.78, 5) is 11.8. The summed E-state index contributed by atoms with van der Waals surface area (Å²) in [5.74, 6) is 4.88. The molecule has 0 aliphatic carbocycles. The van der Waals surface area contributed by atoms with Gasteiger partial charge in [-0.05, 0) is 17.9 Å². The largest absolute Gasteiger partial charge is 0.290 e. The van der Waals surface area contributed by atoms with E-state index in [1.807, 2.05) is 12.1 Å². The normalized spacial score (nSPS) is 11.4. The molecule has 0 aliphatic heterocycles. The summed E-state index contributed by atoms with van der Waals surface area (Å²) < 4.78 is 0. The highest BCUT2D eigenvalue weighted by Gasteiger charge is 2.19. The molecule has 20 heavy (non-hydrogen) atoms. The molecule has 1 amide bonds. The third-order valence-electron chi connectivity index (χ3n) is 3.33. The predicted molar refractivity (Wildman–Crippen MR) is 79.1 cm³/mol. The van der Waals surface area contributed by atoms with E-state index in [-0.39, 0.29) is 11.3 Å². The van der Waals surface area contributed by atoms with Gasteiger partial charge in [0.05, 0.1) is 5.56 Å². The van der Waals surface area contributed by atoms with Crippen LogP contribution in [0.15, 0.2) is 24.3 Å². The van der Waals surface area contributed by atoms with Gasteiger partial charge < -0.3 is 0 Å². The average molecular weight is 272 g/mol. The lowest BCUT2D eigenvalue weighted by molar-refractivity contribution is 0.0954. The molecule has 0 saturated heterocycles. The van der Waals surface area contributed by atoms with Crippen LogP contribution in [0, 0.1) is 6.92 Å². The van der Waals surface area contributed by atoms with Crippen molar-refractivity contribution in [1.29, 1.82) is 0 Å². The van der Waals surface area contributed by atoms with Crippen LogP contribution >= 0.6 is 0 Å². The van der Waals surface area contributed by atoms with Crippen LogP contribution in [0.3, 0.4) is 0 Å². The van der Waals surface area contributed by atoms with Gasteiger partial charge in [-0.25, -0.2) is 5.84 Å². The maximum absolute atomic E-state index is 11.8. The van der Waals surface area contributed by atoms with E-state index in [4.69, 9.17) is 5.84 Å². The summed E-state index contributed by atoms with van der Waals surface area (Å²) in [5, 5.41) is 7.03. The summed E-state index contributed by atoms with van der Waals surface area (Å²) in [6.07, 6.45) is 0. The van der Waals surface area contributed by atoms with E-state index in [1.54, 1.807) is 6.92 Å². The van der Waals surface area contributed by atoms with Crippen molar-refractivity contribution in [3.8, 4) is 11.3 Å². The van der Waals surface area contributed by atoms with Crippen LogP contribution < -0.4 is 11.3 Å². The SMILES string of the molecule is Cc1[nH]nc(-c2ccc(C(C)(C)C)cc2)c1C(=O)NN. The Morgan fingerprint density at radius 1 is 1.25 bits per heavy atom. The van der Waals surface area contributed by atoms with Gasteiger partial charge in [-0.1, -0.05) is 45.0 Å². The highest BCUT2D eigenvalue weighted by Crippen LogP contribution is 2.27. The average Bonchev–Trinajstić information content (AvgIpc) is 2.79. The Bertz CT molecular complexity index is 620. The lowest BCUT2D eigenvalue weighted by Crippen LogP contribution is -2.30. The van der Waals surface area contributed by atoms with E-state index >= 15 is 0 Å². The summed E-state index contributed by atoms with van der Waals surface area (Å²) in [6, 6.07) is 8.07. The summed E-state index contributed by atoms with van der Waals surface area (Å²) in [6.45, 7) is 8.28. The molecule has 0 spiro atoms. The number of nitrogens with zero attached hydrogens (tertiary/aromatic N) is 1. The van der Waals surface area contributed by atoms with Crippen molar-refractivity contribution < 1.29 is 4.79 Å². The topological polar surface area (TPSA) is 83.8 Å². The first-order chi connectivity index (χ1) is 9.34. The standard InChI is InChI=1S/C15H20N4O/c1-9-12(14(20)17-16)13(19-18-9)10-5-7-11(8-6-10)15(2,3)4/h5-8H,16H2,1-4H3,(H,17,20)(H,18,19). The molecular formula is C15H20N4O. The zero-order valence-corrected chi connectivity index (χ0v) is 12.2. The van der Waals surface area contributed by atoms with E-state index < -0.39 is 0 Å². The fourth-order valence-electron chi connectivity index (χ4n) is 2.12. The van der Waals surface area contributed by atoms with E-state index in [2.05, 4.69) is 48.5 Å². The van der Waals surface area contributed by atoms with E-state index in [9.17, 15) is 4.79 Å². The second-order valence-corrected chi connectivity index (χ2v) is 5.87. The van der Waals surface area contributed by atoms with Crippen molar-refractivity contribution in [2.24, 2.45) is 5.84 Å². The maximum atomic E-state index is 11.8. The minimum atomic E-state index is -0.342. The lowest BCUT2D eigenvalue weighted by Gasteiger charge is -2.19. The van der Waals surface area contributed by atoms with Crippen LogP contribution in [0.25, 0.3) is 11.3 Å². The Morgan fingerprint density at radius 2 is 1.85 bits per heavy atom. The molecule has 2 aromatic rings. The number of aryl methyl sites for hydroxylation is 1. The number of amides is 1. The Balaban J connectivity index is 2.45. The number of aromatic nitrogens is 2. The first-order valence-corrected chi connectivity index (χ1v) is 6.51. The van der Waals surface area contributed by atoms with Gasteiger partial charge in [0.15, 0.2) is 0 Å². The van der Waals surface area contributed by atoms with E-state index in [1.165, 1.54) is 5.56 Å². The van der Waals surface area contributed by atoms with Gasteiger partial charge >= 0.3 is 0 Å². The number of nitrogens with two attached hydrogens (primary N) is 1. The molecule has 0 unspecified atom stereocenters. The number of hydrazine groups is 1. The zero-order valence-electron chi connectivity index (χ0n) is 12.2. The predicted octanol–water partition coefficient (Wildman–Crippen LogP) is 2.29. The highest BCUT2D eigenvalue weighted by molar-refractivity contribution is 6.00. The van der Waals surface area contributed by atoms with Crippen molar-refractivity contribution in [3.63, 3.8) is 0 Å². The van der Waals surface area contributed by atoms with Crippen molar-refractivity contribution in [3.05, 3.63) is 41.1 Å². The molecule has 0 fully saturated rings. The molecule has 0 bridgehead atoms. The van der Waals surface area contributed by atoms with Crippen molar-refractivity contribution in [2.45, 2.75) is 33.1 Å². The van der Waals surface area contributed by atoms with Crippen LogP contribution in [-0.4, -0.2) is 16.1 Å². The molecule has 0 saturated carbocycles. The Labute approximate surface area is 118 Å². The van der Waals surface area contributed by atoms with Gasteiger partial charge in [0.1, 0.15) is 5.69 Å². The van der Waals surface area contributed by atoms with E-state index in [0.29, 0.717) is 17.0 Å². The van der Waals surface area contributed by atoms with Crippen LogP contribution in [0.2, 0.25) is 0 Å². The second-order valence-electron chi connectivity index (χ2n) is 5.87. The lowest BCUT2D eigenvalue weighted by atomic mass is 9.86. The third kappa shape index (κ3) is 2.58. The minimum absolute atomic E-state index is 0.0947. The number of hydrogen-bond acceptors (Lipinski definition) is 3. The summed E-state index contributed by atoms with van der Waals surface area (Å²) >= 11 is 0. The van der Waals surface area contributed by atoms with Crippen molar-refractivity contribution in [2.75, 3.05) is 0 Å². The van der Waals surface area contributed by atoms with Crippen molar-refractivity contribution >= 4 is 5.91 Å². The second kappa shape index (κ2) is 5.09. The van der Waals surface area contributed by atoms with Crippen LogP contribution in [0.1, 0.15) is 42.4 Å². The smallest absolute Gasteiger partial charge is 0.269 e. The van der Waals surface area contributed by atoms with Gasteiger partial charge in [-0.15, -0.1) is 0 Å². The molecule has 5 heteroatoms. The Morgan fingerprint density at radius 3 is 2.35 bits per heavy atom. The molecule has 1 heterocycles. The molecule has 4 N–H and O–H groups in total. The van der Waals surface area contributed by atoms with Crippen LogP contribution in [-0.2, 0) is 5.41 Å². The summed E-state index contributed by atoms with van der Waals surface area (Å²) in [5.41, 5.74) is 6.17. The quantitative estimate of drug-likeness (QED) is 0.445. The molecule has 0 aliphatic rings. The number of carbonyl (C=O) groups excluding carboxylic acids is 1. The van der Waals surface area contributed by atoms with Crippen LogP contribution in [0.5, 0.6) is 0 Å². The molecule has 0 atom stereocenters. The molecule has 1 aromatic carbocycles. The van der Waals surface area contributed by atoms with Gasteiger partial charge in [-0.2, -0.15) is 5.10 Å². The molecular weight excluding hydrogens is 252 g/mol. The molecule has 2 rings (SSSR count). The number of benzene rings is 1. The Hall–Kier alpha value is -2.14. The third-order valence-corrected chi connectivity index (χ3v) is 3.33. The highest BCUT2D eigenvalue weighted by atomic mass is 16.2. The number of H-pyrrole nitrogens is 1. The fraction of sp³-hybridized carbons (Fsp3) is 0.333. The summed E-state index contributed by atoms with van der Waals surface area (Å²) in [7, 11) is 0. The number of carbonyl (C=O) groups is 1. The monoisotopic (exact) mass is 272 g/mol. The zero-order chi connectivity index (χ0) is 14.9. The first-order valence-electron chi connectivity index (χ1n) is 6.51. The fourth-order valence-corrected chi connectivity index (χ4v) is 2.12. The molecule has 0 radical (unpaired) electrons. The van der Waals surface area contributed by atoms with Crippen LogP contribution in [0.4, 0.5) is 0 Å². The maximum Gasteiger partial charge on any atom is 0.269 e. The van der Waals surface area contributed by atoms with Gasteiger partial charge in [0.2, 0.25) is 0 Å². The Kier molecular flexibility index (Phi) is 3.63. The van der Waals surface area contributed by atoms with E-state index in [0.717, 1.165) is 5.56 Å². The number of nitrogen functional groups attached to an aromatic ring is 1. The van der Waals surface area contributed by atoms with Gasteiger partial charge in [0.25, 0.3) is 5.91 Å². The number of aromatic amines is 1. The molecule has 106 valence electrons. The molecule has 5 nitrogen and oxygen atoms in total. The van der Waals surface area contributed by atoms with Crippen molar-refractivity contribution in [1.82, 2.24) is 15.6 Å². The van der Waals surface area contributed by atoms with Gasteiger partial charge in [0, 0.05) is 11.3 Å². The molecule has 1 aromatic heterocycles. The first kappa shape index (κ1) is 14.3. The minimum Gasteiger partial charge on any atom is -0.290 e.